The Bertz CT molecular complexity index is 1010. The molecule has 0 aromatic heterocycles. The van der Waals surface area contributed by atoms with Crippen molar-refractivity contribution in [3.63, 3.8) is 0 Å². The van der Waals surface area contributed by atoms with Crippen LogP contribution in [-0.2, 0) is 0 Å². The molecule has 2 aliphatic rings. The summed E-state index contributed by atoms with van der Waals surface area (Å²) in [4.78, 5) is 19.9. The van der Waals surface area contributed by atoms with Gasteiger partial charge < -0.3 is 0 Å². The SMILES string of the molecule is O=C1c2ccccc2[C@H]2CC(c3ccccc3)=Nc3ccccc3N12. The van der Waals surface area contributed by atoms with Gasteiger partial charge in [0.2, 0.25) is 0 Å². The summed E-state index contributed by atoms with van der Waals surface area (Å²) in [6.45, 7) is 0. The number of hydrogen-bond donors (Lipinski definition) is 0. The van der Waals surface area contributed by atoms with Gasteiger partial charge in [0.15, 0.2) is 0 Å². The molecule has 3 heteroatoms. The smallest absolute Gasteiger partial charge is 0.259 e. The Morgan fingerprint density at radius 1 is 0.840 bits per heavy atom. The standard InChI is InChI=1S/C22H16N2O/c25-22-17-11-5-4-10-16(17)21-14-19(15-8-2-1-3-9-15)23-18-12-6-7-13-20(18)24(21)22/h1-13,21H,14H2/t21-/m1/s1. The van der Waals surface area contributed by atoms with Crippen LogP contribution in [0, 0.1) is 0 Å². The second kappa shape index (κ2) is 5.42. The van der Waals surface area contributed by atoms with E-state index in [0.29, 0.717) is 6.42 Å². The molecule has 0 N–H and O–H groups in total. The number of benzene rings is 3. The maximum absolute atomic E-state index is 13.1. The lowest BCUT2D eigenvalue weighted by molar-refractivity contribution is 0.0992. The second-order valence-electron chi connectivity index (χ2n) is 6.40. The van der Waals surface area contributed by atoms with Crippen molar-refractivity contribution in [2.75, 3.05) is 4.90 Å². The van der Waals surface area contributed by atoms with E-state index in [9.17, 15) is 4.79 Å². The van der Waals surface area contributed by atoms with Crippen molar-refractivity contribution in [3.05, 3.63) is 95.6 Å². The van der Waals surface area contributed by atoms with E-state index in [0.717, 1.165) is 33.8 Å². The van der Waals surface area contributed by atoms with Crippen molar-refractivity contribution >= 4 is 23.0 Å². The summed E-state index contributed by atoms with van der Waals surface area (Å²) >= 11 is 0. The maximum Gasteiger partial charge on any atom is 0.259 e. The van der Waals surface area contributed by atoms with Crippen LogP contribution in [0.4, 0.5) is 11.4 Å². The molecule has 0 fully saturated rings. The van der Waals surface area contributed by atoms with Crippen LogP contribution in [0.1, 0.15) is 33.9 Å². The van der Waals surface area contributed by atoms with Gasteiger partial charge in [-0.1, -0.05) is 60.7 Å². The fourth-order valence-corrected chi connectivity index (χ4v) is 3.82. The van der Waals surface area contributed by atoms with Crippen LogP contribution in [0.25, 0.3) is 0 Å². The summed E-state index contributed by atoms with van der Waals surface area (Å²) in [5.41, 5.74) is 5.76. The van der Waals surface area contributed by atoms with Crippen molar-refractivity contribution in [2.45, 2.75) is 12.5 Å². The maximum atomic E-state index is 13.1. The van der Waals surface area contributed by atoms with Gasteiger partial charge >= 0.3 is 0 Å². The summed E-state index contributed by atoms with van der Waals surface area (Å²) in [6, 6.07) is 26.1. The topological polar surface area (TPSA) is 32.7 Å². The lowest BCUT2D eigenvalue weighted by Crippen LogP contribution is -2.28. The molecule has 0 bridgehead atoms. The molecule has 120 valence electrons. The van der Waals surface area contributed by atoms with Crippen LogP contribution in [0.5, 0.6) is 0 Å². The number of anilines is 1. The fraction of sp³-hybridized carbons (Fsp3) is 0.0909. The highest BCUT2D eigenvalue weighted by Crippen LogP contribution is 2.45. The van der Waals surface area contributed by atoms with E-state index in [1.54, 1.807) is 0 Å². The summed E-state index contributed by atoms with van der Waals surface area (Å²) in [5.74, 6) is 0.0672. The quantitative estimate of drug-likeness (QED) is 0.626. The number of hydrogen-bond acceptors (Lipinski definition) is 2. The molecule has 3 aromatic rings. The van der Waals surface area contributed by atoms with Crippen molar-refractivity contribution < 1.29 is 4.79 Å². The zero-order chi connectivity index (χ0) is 16.8. The minimum Gasteiger partial charge on any atom is -0.298 e. The number of carbonyl (C=O) groups excluding carboxylic acids is 1. The fourth-order valence-electron chi connectivity index (χ4n) is 3.82. The summed E-state index contributed by atoms with van der Waals surface area (Å²) in [7, 11) is 0. The van der Waals surface area contributed by atoms with Gasteiger partial charge in [-0.2, -0.15) is 0 Å². The van der Waals surface area contributed by atoms with Crippen LogP contribution >= 0.6 is 0 Å². The van der Waals surface area contributed by atoms with E-state index in [-0.39, 0.29) is 11.9 Å². The van der Waals surface area contributed by atoms with Gasteiger partial charge in [-0.05, 0) is 29.3 Å². The van der Waals surface area contributed by atoms with Crippen LogP contribution in [0.2, 0.25) is 0 Å². The second-order valence-corrected chi connectivity index (χ2v) is 6.40. The van der Waals surface area contributed by atoms with Crippen LogP contribution in [0.3, 0.4) is 0 Å². The highest BCUT2D eigenvalue weighted by Gasteiger charge is 2.40. The molecule has 0 saturated heterocycles. The largest absolute Gasteiger partial charge is 0.298 e. The first kappa shape index (κ1) is 14.2. The van der Waals surface area contributed by atoms with Crippen molar-refractivity contribution in [3.8, 4) is 0 Å². The molecule has 0 aliphatic carbocycles. The van der Waals surface area contributed by atoms with Crippen LogP contribution in [-0.4, -0.2) is 11.6 Å². The molecular weight excluding hydrogens is 308 g/mol. The molecule has 2 heterocycles. The number of fused-ring (bicyclic) bond motifs is 5. The van der Waals surface area contributed by atoms with E-state index in [1.807, 2.05) is 65.6 Å². The number of nitrogens with zero attached hydrogens (tertiary/aromatic N) is 2. The third-order valence-electron chi connectivity index (χ3n) is 4.97. The molecule has 1 atom stereocenters. The third kappa shape index (κ3) is 2.13. The first-order valence-electron chi connectivity index (χ1n) is 8.47. The number of rotatable bonds is 1. The Morgan fingerprint density at radius 3 is 2.44 bits per heavy atom. The normalized spacial score (nSPS) is 18.1. The van der Waals surface area contributed by atoms with E-state index >= 15 is 0 Å². The number of para-hydroxylation sites is 2. The average molecular weight is 324 g/mol. The van der Waals surface area contributed by atoms with Gasteiger partial charge in [-0.15, -0.1) is 0 Å². The predicted octanol–water partition coefficient (Wildman–Crippen LogP) is 4.91. The Kier molecular flexibility index (Phi) is 3.07. The third-order valence-corrected chi connectivity index (χ3v) is 4.97. The molecule has 3 aromatic carbocycles. The van der Waals surface area contributed by atoms with Gasteiger partial charge in [0, 0.05) is 12.0 Å². The Morgan fingerprint density at radius 2 is 1.56 bits per heavy atom. The average Bonchev–Trinajstić information content (AvgIpc) is 2.84. The molecule has 3 nitrogen and oxygen atoms in total. The zero-order valence-corrected chi connectivity index (χ0v) is 13.6. The van der Waals surface area contributed by atoms with E-state index in [4.69, 9.17) is 4.99 Å². The lowest BCUT2D eigenvalue weighted by atomic mass is 9.97. The minimum absolute atomic E-state index is 0.00805. The van der Waals surface area contributed by atoms with Gasteiger partial charge in [0.25, 0.3) is 5.91 Å². The molecule has 0 saturated carbocycles. The summed E-state index contributed by atoms with van der Waals surface area (Å²) < 4.78 is 0. The van der Waals surface area contributed by atoms with E-state index in [2.05, 4.69) is 18.2 Å². The highest BCUT2D eigenvalue weighted by atomic mass is 16.2. The Hall–Kier alpha value is -3.20. The van der Waals surface area contributed by atoms with Crippen LogP contribution in [0.15, 0.2) is 83.9 Å². The number of amides is 1. The van der Waals surface area contributed by atoms with Crippen molar-refractivity contribution in [1.29, 1.82) is 0 Å². The van der Waals surface area contributed by atoms with E-state index in [1.165, 1.54) is 0 Å². The molecular formula is C22H16N2O. The van der Waals surface area contributed by atoms with Crippen molar-refractivity contribution in [2.24, 2.45) is 4.99 Å². The Labute approximate surface area is 146 Å². The van der Waals surface area contributed by atoms with Crippen molar-refractivity contribution in [1.82, 2.24) is 0 Å². The molecule has 2 aliphatic heterocycles. The molecule has 25 heavy (non-hydrogen) atoms. The van der Waals surface area contributed by atoms with Crippen LogP contribution < -0.4 is 4.90 Å². The molecule has 1 amide bonds. The summed E-state index contributed by atoms with van der Waals surface area (Å²) in [6.07, 6.45) is 0.710. The molecule has 0 spiro atoms. The zero-order valence-electron chi connectivity index (χ0n) is 13.6. The lowest BCUT2D eigenvalue weighted by Gasteiger charge is -2.24. The van der Waals surface area contributed by atoms with Gasteiger partial charge in [-0.25, -0.2) is 0 Å². The van der Waals surface area contributed by atoms with Gasteiger partial charge in [-0.3, -0.25) is 14.7 Å². The molecule has 0 radical (unpaired) electrons. The first-order chi connectivity index (χ1) is 12.3. The molecule has 5 rings (SSSR count). The molecule has 0 unspecified atom stereocenters. The van der Waals surface area contributed by atoms with E-state index < -0.39 is 0 Å². The highest BCUT2D eigenvalue weighted by molar-refractivity contribution is 6.15. The summed E-state index contributed by atoms with van der Waals surface area (Å²) in [5, 5.41) is 0. The van der Waals surface area contributed by atoms with Gasteiger partial charge in [0.05, 0.1) is 23.1 Å². The first-order valence-corrected chi connectivity index (χ1v) is 8.47. The minimum atomic E-state index is -0.00805. The Balaban J connectivity index is 1.74. The predicted molar refractivity (Wildman–Crippen MR) is 99.7 cm³/mol. The number of carbonyl (C=O) groups is 1. The monoisotopic (exact) mass is 324 g/mol. The number of aliphatic imine (C=N–C) groups is 1. The van der Waals surface area contributed by atoms with Gasteiger partial charge in [0.1, 0.15) is 0 Å².